The Balaban J connectivity index is 2.22. The Morgan fingerprint density at radius 3 is 2.21 bits per heavy atom. The van der Waals surface area contributed by atoms with Gasteiger partial charge in [-0.1, -0.05) is 78.4 Å². The Kier molecular flexibility index (Phi) is 3.93. The van der Waals surface area contributed by atoms with Crippen molar-refractivity contribution < 1.29 is 0 Å². The molecule has 1 heterocycles. The van der Waals surface area contributed by atoms with E-state index in [9.17, 15) is 0 Å². The van der Waals surface area contributed by atoms with Crippen LogP contribution in [0, 0.1) is 11.8 Å². The van der Waals surface area contributed by atoms with E-state index in [2.05, 4.69) is 102 Å². The van der Waals surface area contributed by atoms with E-state index in [0.29, 0.717) is 11.8 Å². The predicted octanol–water partition coefficient (Wildman–Crippen LogP) is 4.76. The van der Waals surface area contributed by atoms with Crippen molar-refractivity contribution in [3.63, 3.8) is 0 Å². The lowest BCUT2D eigenvalue weighted by Gasteiger charge is -2.13. The van der Waals surface area contributed by atoms with Gasteiger partial charge in [0.05, 0.1) is 5.35 Å². The number of halogens is 1. The molecule has 0 saturated heterocycles. The third-order valence-electron chi connectivity index (χ3n) is 4.89. The maximum atomic E-state index is 3.69. The molecule has 24 heavy (non-hydrogen) atoms. The number of allylic oxidation sites excluding steroid dienone is 8. The zero-order chi connectivity index (χ0) is 16.7. The van der Waals surface area contributed by atoms with E-state index in [0.717, 1.165) is 4.47 Å². The Morgan fingerprint density at radius 2 is 1.54 bits per heavy atom. The molecule has 2 heteroatoms. The van der Waals surface area contributed by atoms with Crippen LogP contribution in [0.5, 0.6) is 0 Å². The molecule has 1 N–H and O–H groups in total. The summed E-state index contributed by atoms with van der Waals surface area (Å²) >= 11 is 3.64. The van der Waals surface area contributed by atoms with Gasteiger partial charge in [-0.25, -0.2) is 0 Å². The Labute approximate surface area is 150 Å². The fourth-order valence-corrected chi connectivity index (χ4v) is 3.95. The van der Waals surface area contributed by atoms with Gasteiger partial charge in [0.15, 0.2) is 0 Å². The van der Waals surface area contributed by atoms with Crippen molar-refractivity contribution in [2.24, 2.45) is 11.8 Å². The van der Waals surface area contributed by atoms with E-state index in [1.54, 1.807) is 0 Å². The number of nitrogens with one attached hydrogen (secondary N) is 1. The molecule has 0 spiro atoms. The van der Waals surface area contributed by atoms with Gasteiger partial charge in [-0.2, -0.15) is 0 Å². The van der Waals surface area contributed by atoms with Crippen LogP contribution in [0.4, 0.5) is 0 Å². The number of fused-ring (bicyclic) bond motifs is 1. The second-order valence-corrected chi connectivity index (χ2v) is 7.46. The minimum atomic E-state index is 0.407. The van der Waals surface area contributed by atoms with Gasteiger partial charge in [0.2, 0.25) is 0 Å². The summed E-state index contributed by atoms with van der Waals surface area (Å²) in [6, 6.07) is 6.49. The quantitative estimate of drug-likeness (QED) is 0.681. The maximum absolute atomic E-state index is 3.69. The molecule has 120 valence electrons. The summed E-state index contributed by atoms with van der Waals surface area (Å²) in [6.45, 7) is 4.52. The molecule has 0 saturated carbocycles. The van der Waals surface area contributed by atoms with Crippen LogP contribution in [-0.2, 0) is 0 Å². The molecular formula is C22H20BrN. The van der Waals surface area contributed by atoms with Crippen molar-refractivity contribution in [2.45, 2.75) is 13.8 Å². The topological polar surface area (TPSA) is 15.8 Å². The largest absolute Gasteiger partial charge is 0.354 e. The second-order valence-electron chi connectivity index (χ2n) is 6.54. The first-order valence-electron chi connectivity index (χ1n) is 8.40. The summed E-state index contributed by atoms with van der Waals surface area (Å²) in [5, 5.41) is 3.86. The van der Waals surface area contributed by atoms with Crippen LogP contribution in [0.25, 0.3) is 22.0 Å². The van der Waals surface area contributed by atoms with Crippen molar-refractivity contribution in [1.82, 2.24) is 4.98 Å². The van der Waals surface area contributed by atoms with Crippen LogP contribution in [0.15, 0.2) is 71.3 Å². The van der Waals surface area contributed by atoms with Crippen molar-refractivity contribution in [2.75, 3.05) is 0 Å². The van der Waals surface area contributed by atoms with E-state index >= 15 is 0 Å². The van der Waals surface area contributed by atoms with E-state index in [1.165, 1.54) is 32.6 Å². The van der Waals surface area contributed by atoms with Crippen LogP contribution in [-0.4, -0.2) is 4.98 Å². The number of hydrogen-bond acceptors (Lipinski definition) is 0. The molecule has 1 aromatic carbocycles. The molecule has 0 fully saturated rings. The fourth-order valence-electron chi connectivity index (χ4n) is 3.59. The molecule has 2 atom stereocenters. The van der Waals surface area contributed by atoms with Crippen molar-refractivity contribution in [3.8, 4) is 0 Å². The summed E-state index contributed by atoms with van der Waals surface area (Å²) in [4.78, 5) is 3.69. The monoisotopic (exact) mass is 377 g/mol. The standard InChI is InChI=1S/C22H20BrN/c1-14-7-3-5-9-17(14)21-19-13-16(23)11-12-20(19)24-22(21)18-10-6-4-8-15(18)2/h3-15,24H,1-2H3/b21-17-,22-18+. The maximum Gasteiger partial charge on any atom is 0.0506 e. The smallest absolute Gasteiger partial charge is 0.0506 e. The third kappa shape index (κ3) is 2.55. The van der Waals surface area contributed by atoms with Gasteiger partial charge in [-0.05, 0) is 35.3 Å². The molecule has 4 rings (SSSR count). The minimum absolute atomic E-state index is 0.407. The average Bonchev–Trinajstić information content (AvgIpc) is 2.94. The van der Waals surface area contributed by atoms with Gasteiger partial charge < -0.3 is 4.98 Å². The van der Waals surface area contributed by atoms with Gasteiger partial charge in [0.1, 0.15) is 0 Å². The van der Waals surface area contributed by atoms with Gasteiger partial charge in [0.25, 0.3) is 0 Å². The molecule has 1 nitrogen and oxygen atoms in total. The molecule has 2 aliphatic carbocycles. The van der Waals surface area contributed by atoms with Crippen molar-refractivity contribution in [3.05, 3.63) is 81.8 Å². The number of rotatable bonds is 0. The highest BCUT2D eigenvalue weighted by atomic mass is 79.9. The molecule has 0 bridgehead atoms. The van der Waals surface area contributed by atoms with Gasteiger partial charge in [0, 0.05) is 26.5 Å². The van der Waals surface area contributed by atoms with Crippen LogP contribution >= 0.6 is 15.9 Å². The average molecular weight is 378 g/mol. The van der Waals surface area contributed by atoms with Gasteiger partial charge in [-0.3, -0.25) is 0 Å². The molecule has 0 aliphatic heterocycles. The van der Waals surface area contributed by atoms with Gasteiger partial charge >= 0.3 is 0 Å². The number of benzene rings is 1. The lowest BCUT2D eigenvalue weighted by molar-refractivity contribution is 0.940. The lowest BCUT2D eigenvalue weighted by Crippen LogP contribution is -2.31. The number of H-pyrrole nitrogens is 1. The summed E-state index contributed by atoms with van der Waals surface area (Å²) in [5.74, 6) is 0.815. The summed E-state index contributed by atoms with van der Waals surface area (Å²) < 4.78 is 1.11. The van der Waals surface area contributed by atoms with Gasteiger partial charge in [-0.15, -0.1) is 0 Å². The predicted molar refractivity (Wildman–Crippen MR) is 107 cm³/mol. The Morgan fingerprint density at radius 1 is 0.875 bits per heavy atom. The highest BCUT2D eigenvalue weighted by molar-refractivity contribution is 9.10. The molecule has 1 aromatic heterocycles. The first kappa shape index (κ1) is 15.5. The zero-order valence-corrected chi connectivity index (χ0v) is 15.5. The minimum Gasteiger partial charge on any atom is -0.354 e. The molecule has 0 radical (unpaired) electrons. The van der Waals surface area contributed by atoms with Crippen LogP contribution in [0.3, 0.4) is 0 Å². The SMILES string of the molecule is CC1C=CC=C/C1=c1\[nH]c2ccc(Br)cc2\c1=C1/C=CC=CC1C. The van der Waals surface area contributed by atoms with Crippen molar-refractivity contribution in [1.29, 1.82) is 0 Å². The first-order valence-corrected chi connectivity index (χ1v) is 9.20. The van der Waals surface area contributed by atoms with E-state index < -0.39 is 0 Å². The summed E-state index contributed by atoms with van der Waals surface area (Å²) in [7, 11) is 0. The Bertz CT molecular complexity index is 1040. The lowest BCUT2D eigenvalue weighted by atomic mass is 9.91. The Hall–Kier alpha value is -2.06. The molecule has 2 unspecified atom stereocenters. The number of aromatic nitrogens is 1. The van der Waals surface area contributed by atoms with Crippen LogP contribution < -0.4 is 10.6 Å². The van der Waals surface area contributed by atoms with Crippen molar-refractivity contribution >= 4 is 38.0 Å². The van der Waals surface area contributed by atoms with E-state index in [-0.39, 0.29) is 0 Å². The molecule has 2 aromatic rings. The second kappa shape index (κ2) is 6.10. The number of hydrogen-bond donors (Lipinski definition) is 1. The van der Waals surface area contributed by atoms with E-state index in [1.807, 2.05) is 0 Å². The van der Waals surface area contributed by atoms with E-state index in [4.69, 9.17) is 0 Å². The molecule has 0 amide bonds. The summed E-state index contributed by atoms with van der Waals surface area (Å²) in [5.41, 5.74) is 3.91. The third-order valence-corrected chi connectivity index (χ3v) is 5.39. The summed E-state index contributed by atoms with van der Waals surface area (Å²) in [6.07, 6.45) is 17.5. The highest BCUT2D eigenvalue weighted by Crippen LogP contribution is 2.22. The molecular weight excluding hydrogens is 358 g/mol. The van der Waals surface area contributed by atoms with Crippen LogP contribution in [0.1, 0.15) is 13.8 Å². The normalized spacial score (nSPS) is 27.3. The highest BCUT2D eigenvalue weighted by Gasteiger charge is 2.15. The zero-order valence-electron chi connectivity index (χ0n) is 13.9. The first-order chi connectivity index (χ1) is 11.6. The molecule has 2 aliphatic rings. The number of aromatic amines is 1. The fraction of sp³-hybridized carbons (Fsp3) is 0.182. The van der Waals surface area contributed by atoms with Crippen LogP contribution in [0.2, 0.25) is 0 Å².